The zero-order valence-electron chi connectivity index (χ0n) is 16.9. The summed E-state index contributed by atoms with van der Waals surface area (Å²) in [6.07, 6.45) is 0.394. The highest BCUT2D eigenvalue weighted by molar-refractivity contribution is 5.79. The summed E-state index contributed by atoms with van der Waals surface area (Å²) in [5.41, 5.74) is 2.28. The molecule has 0 bridgehead atoms. The predicted molar refractivity (Wildman–Crippen MR) is 111 cm³/mol. The molecule has 1 aliphatic rings. The molecule has 1 heterocycles. The fraction of sp³-hybridized carbons (Fsp3) is 0.435. The molecule has 0 radical (unpaired) electrons. The summed E-state index contributed by atoms with van der Waals surface area (Å²) in [6.45, 7) is 9.38. The highest BCUT2D eigenvalue weighted by Gasteiger charge is 2.21. The molecule has 1 aliphatic heterocycles. The molecule has 0 unspecified atom stereocenters. The highest BCUT2D eigenvalue weighted by Crippen LogP contribution is 2.29. The molecule has 2 aromatic rings. The maximum absolute atomic E-state index is 12.7. The van der Waals surface area contributed by atoms with Crippen molar-refractivity contribution in [2.75, 3.05) is 39.4 Å². The first-order chi connectivity index (χ1) is 13.7. The van der Waals surface area contributed by atoms with E-state index in [1.54, 1.807) is 0 Å². The molecule has 1 fully saturated rings. The minimum Gasteiger partial charge on any atom is -0.490 e. The topological polar surface area (TPSA) is 42.0 Å². The molecule has 3 rings (SSSR count). The number of hydrogen-bond acceptors (Lipinski definition) is 4. The summed E-state index contributed by atoms with van der Waals surface area (Å²) in [7, 11) is 0. The summed E-state index contributed by atoms with van der Waals surface area (Å²) in [5.74, 6) is 1.61. The van der Waals surface area contributed by atoms with Gasteiger partial charge in [0.05, 0.1) is 19.6 Å². The monoisotopic (exact) mass is 382 g/mol. The summed E-state index contributed by atoms with van der Waals surface area (Å²) in [6, 6.07) is 16.3. The van der Waals surface area contributed by atoms with Crippen molar-refractivity contribution >= 4 is 5.91 Å². The van der Waals surface area contributed by atoms with Gasteiger partial charge in [-0.1, -0.05) is 36.4 Å². The molecule has 0 aliphatic carbocycles. The van der Waals surface area contributed by atoms with Crippen molar-refractivity contribution in [2.45, 2.75) is 26.8 Å². The van der Waals surface area contributed by atoms with Crippen molar-refractivity contribution in [3.63, 3.8) is 0 Å². The van der Waals surface area contributed by atoms with Gasteiger partial charge in [-0.25, -0.2) is 0 Å². The highest BCUT2D eigenvalue weighted by atomic mass is 16.5. The molecule has 0 aromatic heterocycles. The van der Waals surface area contributed by atoms with E-state index in [0.29, 0.717) is 25.4 Å². The summed E-state index contributed by atoms with van der Waals surface area (Å²) >= 11 is 0. The van der Waals surface area contributed by atoms with Gasteiger partial charge in [0.1, 0.15) is 0 Å². The van der Waals surface area contributed by atoms with Crippen LogP contribution in [0.3, 0.4) is 0 Å². The number of benzene rings is 2. The maximum Gasteiger partial charge on any atom is 0.227 e. The van der Waals surface area contributed by atoms with Crippen molar-refractivity contribution in [2.24, 2.45) is 0 Å². The fourth-order valence-electron chi connectivity index (χ4n) is 3.49. The molecule has 150 valence electrons. The van der Waals surface area contributed by atoms with Crippen LogP contribution in [0, 0.1) is 0 Å². The van der Waals surface area contributed by atoms with Crippen LogP contribution in [0.1, 0.15) is 25.0 Å². The fourth-order valence-corrected chi connectivity index (χ4v) is 3.49. The van der Waals surface area contributed by atoms with Crippen molar-refractivity contribution in [1.29, 1.82) is 0 Å². The standard InChI is InChI=1S/C23H30N2O3/c1-3-27-21-11-10-20(16-22(21)28-4-2)17-23(26)25-14-12-24(13-15-25)18-19-8-6-5-7-9-19/h5-11,16H,3-4,12-15,17-18H2,1-2H3. The van der Waals surface area contributed by atoms with Crippen LogP contribution in [0.15, 0.2) is 48.5 Å². The quantitative estimate of drug-likeness (QED) is 0.702. The van der Waals surface area contributed by atoms with E-state index in [2.05, 4.69) is 29.2 Å². The van der Waals surface area contributed by atoms with Crippen molar-refractivity contribution in [3.8, 4) is 11.5 Å². The van der Waals surface area contributed by atoms with Crippen LogP contribution in [0.4, 0.5) is 0 Å². The van der Waals surface area contributed by atoms with Gasteiger partial charge in [-0.05, 0) is 37.1 Å². The van der Waals surface area contributed by atoms with Crippen molar-refractivity contribution in [3.05, 3.63) is 59.7 Å². The van der Waals surface area contributed by atoms with E-state index in [4.69, 9.17) is 9.47 Å². The van der Waals surface area contributed by atoms with E-state index >= 15 is 0 Å². The zero-order chi connectivity index (χ0) is 19.8. The van der Waals surface area contributed by atoms with Crippen LogP contribution in [0.5, 0.6) is 11.5 Å². The molecule has 2 aromatic carbocycles. The molecular formula is C23H30N2O3. The number of ether oxygens (including phenoxy) is 2. The average Bonchev–Trinajstić information content (AvgIpc) is 2.71. The van der Waals surface area contributed by atoms with Crippen LogP contribution < -0.4 is 9.47 Å². The smallest absolute Gasteiger partial charge is 0.227 e. The Hall–Kier alpha value is -2.53. The Morgan fingerprint density at radius 1 is 0.857 bits per heavy atom. The number of rotatable bonds is 8. The number of amides is 1. The van der Waals surface area contributed by atoms with Crippen molar-refractivity contribution in [1.82, 2.24) is 9.80 Å². The lowest BCUT2D eigenvalue weighted by atomic mass is 10.1. The Morgan fingerprint density at radius 2 is 1.54 bits per heavy atom. The summed E-state index contributed by atoms with van der Waals surface area (Å²) < 4.78 is 11.3. The van der Waals surface area contributed by atoms with Gasteiger partial charge in [-0.3, -0.25) is 9.69 Å². The normalized spacial score (nSPS) is 14.7. The largest absolute Gasteiger partial charge is 0.490 e. The Labute approximate surface area is 167 Å². The van der Waals surface area contributed by atoms with Gasteiger partial charge in [0, 0.05) is 32.7 Å². The van der Waals surface area contributed by atoms with Crippen LogP contribution in [-0.4, -0.2) is 55.1 Å². The molecule has 0 N–H and O–H groups in total. The van der Waals surface area contributed by atoms with Gasteiger partial charge >= 0.3 is 0 Å². The molecule has 5 heteroatoms. The molecular weight excluding hydrogens is 352 g/mol. The minimum atomic E-state index is 0.172. The first-order valence-corrected chi connectivity index (χ1v) is 10.1. The minimum absolute atomic E-state index is 0.172. The van der Waals surface area contributed by atoms with E-state index in [9.17, 15) is 4.79 Å². The first kappa shape index (κ1) is 20.2. The molecule has 0 saturated carbocycles. The Balaban J connectivity index is 1.53. The van der Waals surface area contributed by atoms with Gasteiger partial charge in [-0.15, -0.1) is 0 Å². The SMILES string of the molecule is CCOc1ccc(CC(=O)N2CCN(Cc3ccccc3)CC2)cc1OCC. The van der Waals surface area contributed by atoms with E-state index in [-0.39, 0.29) is 5.91 Å². The summed E-state index contributed by atoms with van der Waals surface area (Å²) in [5, 5.41) is 0. The molecule has 5 nitrogen and oxygen atoms in total. The van der Waals surface area contributed by atoms with Gasteiger partial charge in [-0.2, -0.15) is 0 Å². The Bertz CT molecular complexity index is 756. The van der Waals surface area contributed by atoms with Crippen molar-refractivity contribution < 1.29 is 14.3 Å². The first-order valence-electron chi connectivity index (χ1n) is 10.1. The van der Waals surface area contributed by atoms with Gasteiger partial charge in [0.25, 0.3) is 0 Å². The van der Waals surface area contributed by atoms with Crippen LogP contribution in [-0.2, 0) is 17.8 Å². The molecule has 28 heavy (non-hydrogen) atoms. The average molecular weight is 383 g/mol. The van der Waals surface area contributed by atoms with Gasteiger partial charge in [0.2, 0.25) is 5.91 Å². The number of nitrogens with zero attached hydrogens (tertiary/aromatic N) is 2. The third-order valence-corrected chi connectivity index (χ3v) is 4.94. The molecule has 0 atom stereocenters. The third kappa shape index (κ3) is 5.49. The van der Waals surface area contributed by atoms with E-state index in [0.717, 1.165) is 44.0 Å². The van der Waals surface area contributed by atoms with Gasteiger partial charge < -0.3 is 14.4 Å². The van der Waals surface area contributed by atoms with Crippen LogP contribution in [0.2, 0.25) is 0 Å². The predicted octanol–water partition coefficient (Wildman–Crippen LogP) is 3.37. The number of carbonyl (C=O) groups is 1. The molecule has 0 spiro atoms. The Morgan fingerprint density at radius 3 is 2.21 bits per heavy atom. The van der Waals surface area contributed by atoms with E-state index in [1.165, 1.54) is 5.56 Å². The van der Waals surface area contributed by atoms with Crippen LogP contribution in [0.25, 0.3) is 0 Å². The second-order valence-corrected chi connectivity index (χ2v) is 6.97. The lowest BCUT2D eigenvalue weighted by molar-refractivity contribution is -0.132. The number of hydrogen-bond donors (Lipinski definition) is 0. The second kappa shape index (κ2) is 10.1. The zero-order valence-corrected chi connectivity index (χ0v) is 16.9. The van der Waals surface area contributed by atoms with Gasteiger partial charge in [0.15, 0.2) is 11.5 Å². The molecule has 1 amide bonds. The number of carbonyl (C=O) groups excluding carboxylic acids is 1. The third-order valence-electron chi connectivity index (χ3n) is 4.94. The van der Waals surface area contributed by atoms with E-state index in [1.807, 2.05) is 43.0 Å². The lowest BCUT2D eigenvalue weighted by Crippen LogP contribution is -2.48. The number of piperazine rings is 1. The maximum atomic E-state index is 12.7. The molecule has 1 saturated heterocycles. The Kier molecular flexibility index (Phi) is 7.31. The lowest BCUT2D eigenvalue weighted by Gasteiger charge is -2.35. The summed E-state index contributed by atoms with van der Waals surface area (Å²) in [4.78, 5) is 17.1. The van der Waals surface area contributed by atoms with Crippen LogP contribution >= 0.6 is 0 Å². The van der Waals surface area contributed by atoms with E-state index < -0.39 is 0 Å². The second-order valence-electron chi connectivity index (χ2n) is 6.97.